The highest BCUT2D eigenvalue weighted by molar-refractivity contribution is 5.03. The molecule has 1 aromatic rings. The molecule has 13 heavy (non-hydrogen) atoms. The Morgan fingerprint density at radius 2 is 2.62 bits per heavy atom. The van der Waals surface area contributed by atoms with E-state index in [1.165, 1.54) is 31.4 Å². The Bertz CT molecular complexity index is 243. The van der Waals surface area contributed by atoms with Crippen LogP contribution in [0.4, 0.5) is 0 Å². The van der Waals surface area contributed by atoms with Crippen LogP contribution in [0, 0.1) is 0 Å². The van der Waals surface area contributed by atoms with Crippen LogP contribution < -0.4 is 0 Å². The van der Waals surface area contributed by atoms with Crippen molar-refractivity contribution >= 4 is 0 Å². The summed E-state index contributed by atoms with van der Waals surface area (Å²) < 4.78 is 0. The SMILES string of the molecule is CCC1CCCN1Cc1cn[nH]c1. The predicted molar refractivity (Wildman–Crippen MR) is 52.3 cm³/mol. The molecule has 0 aliphatic carbocycles. The van der Waals surface area contributed by atoms with Crippen LogP contribution in [0.2, 0.25) is 0 Å². The van der Waals surface area contributed by atoms with Crippen LogP contribution in [-0.2, 0) is 6.54 Å². The van der Waals surface area contributed by atoms with E-state index in [1.807, 2.05) is 12.4 Å². The van der Waals surface area contributed by atoms with Crippen molar-refractivity contribution in [3.63, 3.8) is 0 Å². The van der Waals surface area contributed by atoms with Crippen molar-refractivity contribution in [3.8, 4) is 0 Å². The fourth-order valence-corrected chi connectivity index (χ4v) is 2.16. The van der Waals surface area contributed by atoms with E-state index in [-0.39, 0.29) is 0 Å². The Kier molecular flexibility index (Phi) is 2.64. The highest BCUT2D eigenvalue weighted by Crippen LogP contribution is 2.21. The number of hydrogen-bond acceptors (Lipinski definition) is 2. The maximum Gasteiger partial charge on any atom is 0.0532 e. The first kappa shape index (κ1) is 8.75. The molecule has 0 bridgehead atoms. The summed E-state index contributed by atoms with van der Waals surface area (Å²) in [5.41, 5.74) is 1.31. The second-order valence-electron chi connectivity index (χ2n) is 3.78. The third kappa shape index (κ3) is 1.91. The number of likely N-dealkylation sites (tertiary alicyclic amines) is 1. The van der Waals surface area contributed by atoms with Gasteiger partial charge >= 0.3 is 0 Å². The Morgan fingerprint density at radius 1 is 1.69 bits per heavy atom. The van der Waals surface area contributed by atoms with Crippen LogP contribution in [0.5, 0.6) is 0 Å². The minimum absolute atomic E-state index is 0.801. The van der Waals surface area contributed by atoms with Crippen LogP contribution in [-0.4, -0.2) is 27.7 Å². The maximum absolute atomic E-state index is 3.96. The van der Waals surface area contributed by atoms with Crippen molar-refractivity contribution in [2.45, 2.75) is 38.8 Å². The van der Waals surface area contributed by atoms with Crippen LogP contribution in [0.25, 0.3) is 0 Å². The summed E-state index contributed by atoms with van der Waals surface area (Å²) in [6.07, 6.45) is 7.92. The maximum atomic E-state index is 3.96. The predicted octanol–water partition coefficient (Wildman–Crippen LogP) is 1.78. The average Bonchev–Trinajstić information content (AvgIpc) is 2.76. The lowest BCUT2D eigenvalue weighted by Crippen LogP contribution is -2.27. The van der Waals surface area contributed by atoms with Gasteiger partial charge in [-0.3, -0.25) is 10.00 Å². The molecule has 3 heteroatoms. The van der Waals surface area contributed by atoms with Crippen LogP contribution in [0.3, 0.4) is 0 Å². The first-order valence-corrected chi connectivity index (χ1v) is 5.12. The highest BCUT2D eigenvalue weighted by Gasteiger charge is 2.22. The van der Waals surface area contributed by atoms with Gasteiger partial charge in [-0.2, -0.15) is 5.10 Å². The van der Waals surface area contributed by atoms with E-state index in [1.54, 1.807) is 0 Å². The van der Waals surface area contributed by atoms with E-state index >= 15 is 0 Å². The quantitative estimate of drug-likeness (QED) is 0.767. The van der Waals surface area contributed by atoms with E-state index in [9.17, 15) is 0 Å². The first-order valence-electron chi connectivity index (χ1n) is 5.12. The molecule has 1 N–H and O–H groups in total. The summed E-state index contributed by atoms with van der Waals surface area (Å²) >= 11 is 0. The first-order chi connectivity index (χ1) is 6.40. The zero-order valence-electron chi connectivity index (χ0n) is 8.16. The molecule has 1 aliphatic rings. The molecule has 2 heterocycles. The summed E-state index contributed by atoms with van der Waals surface area (Å²) in [6.45, 7) is 4.59. The molecule has 0 saturated carbocycles. The van der Waals surface area contributed by atoms with E-state index in [0.717, 1.165) is 12.6 Å². The summed E-state index contributed by atoms with van der Waals surface area (Å²) in [5.74, 6) is 0. The van der Waals surface area contributed by atoms with E-state index in [4.69, 9.17) is 0 Å². The van der Waals surface area contributed by atoms with Crippen LogP contribution in [0.15, 0.2) is 12.4 Å². The molecule has 0 spiro atoms. The van der Waals surface area contributed by atoms with Gasteiger partial charge in [-0.15, -0.1) is 0 Å². The van der Waals surface area contributed by atoms with Gasteiger partial charge in [-0.05, 0) is 25.8 Å². The Balaban J connectivity index is 1.94. The van der Waals surface area contributed by atoms with Gasteiger partial charge in [0.2, 0.25) is 0 Å². The van der Waals surface area contributed by atoms with Gasteiger partial charge in [0, 0.05) is 24.3 Å². The molecule has 72 valence electrons. The van der Waals surface area contributed by atoms with Crippen molar-refractivity contribution in [1.29, 1.82) is 0 Å². The van der Waals surface area contributed by atoms with E-state index in [2.05, 4.69) is 22.0 Å². The molecule has 1 unspecified atom stereocenters. The molecule has 0 amide bonds. The molecule has 1 atom stereocenters. The van der Waals surface area contributed by atoms with Crippen molar-refractivity contribution in [3.05, 3.63) is 18.0 Å². The fraction of sp³-hybridized carbons (Fsp3) is 0.700. The molecule has 0 aromatic carbocycles. The molecule has 1 saturated heterocycles. The zero-order valence-corrected chi connectivity index (χ0v) is 8.16. The third-order valence-electron chi connectivity index (χ3n) is 2.91. The Morgan fingerprint density at radius 3 is 3.31 bits per heavy atom. The number of rotatable bonds is 3. The monoisotopic (exact) mass is 179 g/mol. The summed E-state index contributed by atoms with van der Waals surface area (Å²) in [7, 11) is 0. The smallest absolute Gasteiger partial charge is 0.0532 e. The van der Waals surface area contributed by atoms with Crippen molar-refractivity contribution in [1.82, 2.24) is 15.1 Å². The topological polar surface area (TPSA) is 31.9 Å². The number of nitrogens with one attached hydrogen (secondary N) is 1. The Labute approximate surface area is 79.1 Å². The second-order valence-corrected chi connectivity index (χ2v) is 3.78. The molecular weight excluding hydrogens is 162 g/mol. The molecule has 1 aliphatic heterocycles. The minimum atomic E-state index is 0.801. The lowest BCUT2D eigenvalue weighted by molar-refractivity contribution is 0.240. The minimum Gasteiger partial charge on any atom is -0.296 e. The summed E-state index contributed by atoms with van der Waals surface area (Å²) in [6, 6.07) is 0.801. The Hall–Kier alpha value is -0.830. The summed E-state index contributed by atoms with van der Waals surface area (Å²) in [4.78, 5) is 2.56. The molecule has 0 radical (unpaired) electrons. The normalized spacial score (nSPS) is 23.9. The van der Waals surface area contributed by atoms with Crippen molar-refractivity contribution in [2.75, 3.05) is 6.54 Å². The summed E-state index contributed by atoms with van der Waals surface area (Å²) in [5, 5.41) is 6.82. The lowest BCUT2D eigenvalue weighted by Gasteiger charge is -2.22. The molecule has 2 rings (SSSR count). The van der Waals surface area contributed by atoms with E-state index in [0.29, 0.717) is 0 Å². The molecular formula is C10H17N3. The van der Waals surface area contributed by atoms with Gasteiger partial charge in [0.1, 0.15) is 0 Å². The standard InChI is InChI=1S/C10H17N3/c1-2-10-4-3-5-13(10)8-9-6-11-12-7-9/h6-7,10H,2-5,8H2,1H3,(H,11,12). The number of nitrogens with zero attached hydrogens (tertiary/aromatic N) is 2. The van der Waals surface area contributed by atoms with Gasteiger partial charge < -0.3 is 0 Å². The molecule has 1 aromatic heterocycles. The second kappa shape index (κ2) is 3.92. The van der Waals surface area contributed by atoms with Gasteiger partial charge in [0.05, 0.1) is 6.20 Å². The van der Waals surface area contributed by atoms with Gasteiger partial charge in [-0.25, -0.2) is 0 Å². The van der Waals surface area contributed by atoms with Gasteiger partial charge in [-0.1, -0.05) is 6.92 Å². The molecule has 3 nitrogen and oxygen atoms in total. The average molecular weight is 179 g/mol. The molecule has 1 fully saturated rings. The number of aromatic nitrogens is 2. The number of hydrogen-bond donors (Lipinski definition) is 1. The van der Waals surface area contributed by atoms with Crippen LogP contribution >= 0.6 is 0 Å². The van der Waals surface area contributed by atoms with Crippen LogP contribution in [0.1, 0.15) is 31.7 Å². The van der Waals surface area contributed by atoms with E-state index < -0.39 is 0 Å². The van der Waals surface area contributed by atoms with Gasteiger partial charge in [0.25, 0.3) is 0 Å². The number of aromatic amines is 1. The zero-order chi connectivity index (χ0) is 9.10. The van der Waals surface area contributed by atoms with Crippen molar-refractivity contribution in [2.24, 2.45) is 0 Å². The fourth-order valence-electron chi connectivity index (χ4n) is 2.16. The van der Waals surface area contributed by atoms with Gasteiger partial charge in [0.15, 0.2) is 0 Å². The lowest BCUT2D eigenvalue weighted by atomic mass is 10.1. The third-order valence-corrected chi connectivity index (χ3v) is 2.91. The highest BCUT2D eigenvalue weighted by atomic mass is 15.2. The number of H-pyrrole nitrogens is 1. The largest absolute Gasteiger partial charge is 0.296 e. The van der Waals surface area contributed by atoms with Crippen molar-refractivity contribution < 1.29 is 0 Å².